The number of benzene rings is 1. The van der Waals surface area contributed by atoms with Gasteiger partial charge in [-0.3, -0.25) is 10.1 Å². The largest absolute Gasteiger partial charge is 0.465 e. The average Bonchev–Trinajstić information content (AvgIpc) is 2.89. The summed E-state index contributed by atoms with van der Waals surface area (Å²) in [5.74, 6) is -0.259. The second-order valence-corrected chi connectivity index (χ2v) is 5.19. The molecule has 1 fully saturated rings. The molecule has 0 aliphatic heterocycles. The molecule has 0 heterocycles. The zero-order valence-electron chi connectivity index (χ0n) is 11.7. The minimum Gasteiger partial charge on any atom is -0.465 e. The van der Waals surface area contributed by atoms with E-state index in [2.05, 4.69) is 10.1 Å². The normalized spacial score (nSPS) is 21.0. The summed E-state index contributed by atoms with van der Waals surface area (Å²) in [4.78, 5) is 22.0. The van der Waals surface area contributed by atoms with Gasteiger partial charge in [0.2, 0.25) is 0 Å². The molecule has 1 saturated carbocycles. The maximum absolute atomic E-state index is 11.5. The van der Waals surface area contributed by atoms with Crippen LogP contribution < -0.4 is 5.32 Å². The molecule has 114 valence electrons. The maximum atomic E-state index is 11.5. The third kappa shape index (κ3) is 3.69. The number of rotatable bonds is 5. The first-order valence-electron chi connectivity index (χ1n) is 6.80. The van der Waals surface area contributed by atoms with Gasteiger partial charge in [0, 0.05) is 12.6 Å². The summed E-state index contributed by atoms with van der Waals surface area (Å²) in [5.41, 5.74) is 0.475. The van der Waals surface area contributed by atoms with Crippen molar-refractivity contribution in [1.29, 1.82) is 0 Å². The summed E-state index contributed by atoms with van der Waals surface area (Å²) in [6.45, 7) is 0.530. The Morgan fingerprint density at radius 1 is 1.52 bits per heavy atom. The fourth-order valence-electron chi connectivity index (χ4n) is 2.57. The van der Waals surface area contributed by atoms with E-state index in [1.165, 1.54) is 25.3 Å². The Kier molecular flexibility index (Phi) is 4.74. The smallest absolute Gasteiger partial charge is 0.337 e. The Morgan fingerprint density at radius 2 is 2.29 bits per heavy atom. The average molecular weight is 294 g/mol. The van der Waals surface area contributed by atoms with E-state index in [9.17, 15) is 20.0 Å². The molecule has 2 rings (SSSR count). The number of hydrogen-bond donors (Lipinski definition) is 2. The predicted octanol–water partition coefficient (Wildman–Crippen LogP) is 1.95. The second-order valence-electron chi connectivity index (χ2n) is 5.19. The molecule has 0 radical (unpaired) electrons. The van der Waals surface area contributed by atoms with Crippen LogP contribution in [0, 0.1) is 16.0 Å². The number of nitrogens with zero attached hydrogens (tertiary/aromatic N) is 1. The highest BCUT2D eigenvalue weighted by Gasteiger charge is 2.24. The van der Waals surface area contributed by atoms with E-state index in [1.54, 1.807) is 0 Å². The number of hydrogen-bond acceptors (Lipinski definition) is 6. The van der Waals surface area contributed by atoms with E-state index < -0.39 is 10.9 Å². The summed E-state index contributed by atoms with van der Waals surface area (Å²) < 4.78 is 4.61. The molecule has 1 aliphatic carbocycles. The molecule has 0 spiro atoms. The van der Waals surface area contributed by atoms with Crippen LogP contribution in [0.5, 0.6) is 0 Å². The van der Waals surface area contributed by atoms with Gasteiger partial charge in [0.05, 0.1) is 23.7 Å². The van der Waals surface area contributed by atoms with Crippen LogP contribution >= 0.6 is 0 Å². The summed E-state index contributed by atoms with van der Waals surface area (Å²) in [5, 5.41) is 23.5. The zero-order valence-corrected chi connectivity index (χ0v) is 11.7. The number of carbonyl (C=O) groups is 1. The number of ether oxygens (including phenoxy) is 1. The first-order valence-corrected chi connectivity index (χ1v) is 6.80. The van der Waals surface area contributed by atoms with E-state index in [4.69, 9.17) is 0 Å². The Morgan fingerprint density at radius 3 is 2.86 bits per heavy atom. The highest BCUT2D eigenvalue weighted by Crippen LogP contribution is 2.29. The molecule has 0 saturated heterocycles. The van der Waals surface area contributed by atoms with Crippen molar-refractivity contribution in [2.45, 2.75) is 25.4 Å². The number of anilines is 1. The van der Waals surface area contributed by atoms with Crippen LogP contribution in [-0.4, -0.2) is 35.8 Å². The van der Waals surface area contributed by atoms with E-state index in [0.717, 1.165) is 12.8 Å². The minimum atomic E-state index is -0.538. The maximum Gasteiger partial charge on any atom is 0.337 e. The number of nitro benzene ring substituents is 1. The van der Waals surface area contributed by atoms with E-state index >= 15 is 0 Å². The second kappa shape index (κ2) is 6.53. The van der Waals surface area contributed by atoms with Gasteiger partial charge >= 0.3 is 5.97 Å². The monoisotopic (exact) mass is 294 g/mol. The van der Waals surface area contributed by atoms with Crippen molar-refractivity contribution in [3.05, 3.63) is 33.9 Å². The summed E-state index contributed by atoms with van der Waals surface area (Å²) in [6.07, 6.45) is 2.06. The van der Waals surface area contributed by atoms with Gasteiger partial charge in [-0.15, -0.1) is 0 Å². The Hall–Kier alpha value is -2.15. The molecule has 1 aromatic rings. The van der Waals surface area contributed by atoms with Gasteiger partial charge in [-0.1, -0.05) is 0 Å². The van der Waals surface area contributed by atoms with Crippen LogP contribution in [0.2, 0.25) is 0 Å². The zero-order chi connectivity index (χ0) is 15.4. The molecule has 21 heavy (non-hydrogen) atoms. The number of nitro groups is 1. The third-order valence-electron chi connectivity index (χ3n) is 3.71. The Labute approximate surface area is 122 Å². The van der Waals surface area contributed by atoms with Crippen molar-refractivity contribution in [1.82, 2.24) is 0 Å². The number of carbonyl (C=O) groups excluding carboxylic acids is 1. The predicted molar refractivity (Wildman–Crippen MR) is 76.3 cm³/mol. The molecule has 2 N–H and O–H groups in total. The van der Waals surface area contributed by atoms with Crippen LogP contribution in [0.25, 0.3) is 0 Å². The number of aliphatic hydroxyl groups excluding tert-OH is 1. The molecular formula is C14H18N2O5. The number of nitrogens with one attached hydrogen (secondary N) is 1. The molecule has 7 nitrogen and oxygen atoms in total. The quantitative estimate of drug-likeness (QED) is 0.489. The molecule has 0 amide bonds. The molecule has 2 unspecified atom stereocenters. The summed E-state index contributed by atoms with van der Waals surface area (Å²) in [6, 6.07) is 4.09. The third-order valence-corrected chi connectivity index (χ3v) is 3.71. The van der Waals surface area contributed by atoms with Crippen molar-refractivity contribution in [3.63, 3.8) is 0 Å². The van der Waals surface area contributed by atoms with Gasteiger partial charge in [-0.05, 0) is 37.3 Å². The summed E-state index contributed by atoms with van der Waals surface area (Å²) in [7, 11) is 1.26. The first kappa shape index (κ1) is 15.2. The van der Waals surface area contributed by atoms with Gasteiger partial charge in [-0.2, -0.15) is 0 Å². The van der Waals surface area contributed by atoms with Crippen molar-refractivity contribution in [2.75, 3.05) is 19.0 Å². The van der Waals surface area contributed by atoms with Crippen molar-refractivity contribution < 1.29 is 19.6 Å². The molecule has 1 aliphatic rings. The van der Waals surface area contributed by atoms with Gasteiger partial charge in [0.1, 0.15) is 5.69 Å². The fourth-order valence-corrected chi connectivity index (χ4v) is 2.57. The number of methoxy groups -OCH3 is 1. The van der Waals surface area contributed by atoms with Crippen LogP contribution in [0.15, 0.2) is 18.2 Å². The topological polar surface area (TPSA) is 102 Å². The van der Waals surface area contributed by atoms with Gasteiger partial charge in [-0.25, -0.2) is 4.79 Å². The molecule has 1 aromatic carbocycles. The standard InChI is InChI=1S/C14H18N2O5/c1-21-14(18)10-3-5-13(16(19)20)12(7-10)15-8-9-2-4-11(17)6-9/h3,5,7,9,11,15,17H,2,4,6,8H2,1H3. The molecule has 0 aromatic heterocycles. The Balaban J connectivity index is 2.14. The first-order chi connectivity index (χ1) is 10.0. The van der Waals surface area contributed by atoms with Crippen LogP contribution in [0.3, 0.4) is 0 Å². The number of esters is 1. The van der Waals surface area contributed by atoms with Crippen molar-refractivity contribution in [2.24, 2.45) is 5.92 Å². The highest BCUT2D eigenvalue weighted by molar-refractivity contribution is 5.91. The fraction of sp³-hybridized carbons (Fsp3) is 0.500. The lowest BCUT2D eigenvalue weighted by atomic mass is 10.1. The SMILES string of the molecule is COC(=O)c1ccc([N+](=O)[O-])c(NCC2CCC(O)C2)c1. The van der Waals surface area contributed by atoms with Crippen LogP contribution in [0.1, 0.15) is 29.6 Å². The van der Waals surface area contributed by atoms with Gasteiger partial charge in [0.25, 0.3) is 5.69 Å². The van der Waals surface area contributed by atoms with Gasteiger partial charge < -0.3 is 15.2 Å². The van der Waals surface area contributed by atoms with Gasteiger partial charge in [0.15, 0.2) is 0 Å². The molecule has 2 atom stereocenters. The molecule has 0 bridgehead atoms. The summed E-state index contributed by atoms with van der Waals surface area (Å²) >= 11 is 0. The van der Waals surface area contributed by atoms with E-state index in [1.807, 2.05) is 0 Å². The van der Waals surface area contributed by atoms with E-state index in [0.29, 0.717) is 18.7 Å². The molecular weight excluding hydrogens is 276 g/mol. The van der Waals surface area contributed by atoms with Crippen molar-refractivity contribution in [3.8, 4) is 0 Å². The number of aliphatic hydroxyl groups is 1. The molecule has 7 heteroatoms. The lowest BCUT2D eigenvalue weighted by molar-refractivity contribution is -0.384. The lowest BCUT2D eigenvalue weighted by Crippen LogP contribution is -2.14. The Bertz CT molecular complexity index is 546. The minimum absolute atomic E-state index is 0.0822. The highest BCUT2D eigenvalue weighted by atomic mass is 16.6. The van der Waals surface area contributed by atoms with Crippen LogP contribution in [0.4, 0.5) is 11.4 Å². The van der Waals surface area contributed by atoms with Crippen molar-refractivity contribution >= 4 is 17.3 Å². The lowest BCUT2D eigenvalue weighted by Gasteiger charge is -2.13. The van der Waals surface area contributed by atoms with E-state index in [-0.39, 0.29) is 23.3 Å². The van der Waals surface area contributed by atoms with Crippen LogP contribution in [-0.2, 0) is 4.74 Å².